The fraction of sp³-hybridized carbons (Fsp3) is 0.143. The van der Waals surface area contributed by atoms with Gasteiger partial charge in [-0.15, -0.1) is 0 Å². The van der Waals surface area contributed by atoms with Crippen LogP contribution in [-0.2, 0) is 10.8 Å². The number of carbonyl (C=O) groups is 1. The highest BCUT2D eigenvalue weighted by molar-refractivity contribution is 8.21. The van der Waals surface area contributed by atoms with Gasteiger partial charge >= 0.3 is 0 Å². The van der Waals surface area contributed by atoms with Gasteiger partial charge in [0, 0.05) is 16.8 Å². The molecule has 0 saturated heterocycles. The number of carbonyl (C=O) groups excluding carboxylic acids is 1. The molecule has 8 heteroatoms. The minimum absolute atomic E-state index is 0.0750. The number of nitrogens with zero attached hydrogens (tertiary/aromatic N) is 1. The molecule has 0 saturated carbocycles. The first-order valence-electron chi connectivity index (χ1n) is 6.33. The number of hydrogen-bond acceptors (Lipinski definition) is 5. The summed E-state index contributed by atoms with van der Waals surface area (Å²) in [6, 6.07) is 7.84. The summed E-state index contributed by atoms with van der Waals surface area (Å²) in [5.41, 5.74) is 0.292. The van der Waals surface area contributed by atoms with E-state index in [-0.39, 0.29) is 17.1 Å². The number of phenols is 1. The molecular weight excluding hydrogens is 344 g/mol. The van der Waals surface area contributed by atoms with Crippen molar-refractivity contribution >= 4 is 44.1 Å². The maximum absolute atomic E-state index is 12.3. The van der Waals surface area contributed by atoms with Crippen LogP contribution in [0.5, 0.6) is 5.75 Å². The van der Waals surface area contributed by atoms with Crippen LogP contribution in [0.4, 0.5) is 5.69 Å². The number of amides is 1. The van der Waals surface area contributed by atoms with Gasteiger partial charge in [-0.3, -0.25) is 9.00 Å². The number of hydrogen-bond donors (Lipinski definition) is 2. The van der Waals surface area contributed by atoms with E-state index in [0.717, 1.165) is 11.0 Å². The molecule has 5 nitrogen and oxygen atoms in total. The topological polar surface area (TPSA) is 79.3 Å². The third-order valence-electron chi connectivity index (χ3n) is 2.80. The van der Waals surface area contributed by atoms with Gasteiger partial charge in [-0.05, 0) is 52.0 Å². The maximum atomic E-state index is 12.3. The molecular formula is C14H13ClN2O3S2. The van der Waals surface area contributed by atoms with Crippen LogP contribution in [0, 0.1) is 0 Å². The monoisotopic (exact) mass is 356 g/mol. The molecule has 116 valence electrons. The van der Waals surface area contributed by atoms with E-state index in [1.807, 2.05) is 0 Å². The van der Waals surface area contributed by atoms with Crippen LogP contribution in [0.3, 0.4) is 0 Å². The number of aromatic nitrogens is 1. The van der Waals surface area contributed by atoms with E-state index in [2.05, 4.69) is 10.3 Å². The molecule has 0 aliphatic heterocycles. The van der Waals surface area contributed by atoms with E-state index < -0.39 is 16.7 Å². The van der Waals surface area contributed by atoms with Crippen molar-refractivity contribution in [3.63, 3.8) is 0 Å². The summed E-state index contributed by atoms with van der Waals surface area (Å²) in [6.45, 7) is 1.76. The Morgan fingerprint density at radius 2 is 2.23 bits per heavy atom. The van der Waals surface area contributed by atoms with Gasteiger partial charge in [0.2, 0.25) is 0 Å². The quantitative estimate of drug-likeness (QED) is 0.802. The van der Waals surface area contributed by atoms with Gasteiger partial charge in [-0.2, -0.15) is 0 Å². The predicted molar refractivity (Wildman–Crippen MR) is 89.0 cm³/mol. The fourth-order valence-corrected chi connectivity index (χ4v) is 3.22. The van der Waals surface area contributed by atoms with E-state index in [9.17, 15) is 14.1 Å². The van der Waals surface area contributed by atoms with E-state index in [4.69, 9.17) is 10.7 Å². The number of pyridine rings is 1. The summed E-state index contributed by atoms with van der Waals surface area (Å²) in [5, 5.41) is 12.4. The third kappa shape index (κ3) is 3.79. The lowest BCUT2D eigenvalue weighted by molar-refractivity contribution is 0.101. The van der Waals surface area contributed by atoms with Gasteiger partial charge < -0.3 is 10.4 Å². The van der Waals surface area contributed by atoms with Crippen LogP contribution >= 0.6 is 21.7 Å². The number of aromatic hydroxyl groups is 1. The smallest absolute Gasteiger partial charge is 0.275 e. The Bertz CT molecular complexity index is 725. The van der Waals surface area contributed by atoms with Crippen molar-refractivity contribution < 1.29 is 14.1 Å². The molecule has 0 spiro atoms. The second kappa shape index (κ2) is 7.62. The van der Waals surface area contributed by atoms with Crippen LogP contribution in [-0.4, -0.2) is 26.0 Å². The summed E-state index contributed by atoms with van der Waals surface area (Å²) in [5.74, 6) is -0.239. The highest BCUT2D eigenvalue weighted by atomic mass is 35.7. The molecule has 2 rings (SSSR count). The normalized spacial score (nSPS) is 11.9. The molecule has 1 heterocycles. The summed E-state index contributed by atoms with van der Waals surface area (Å²) in [7, 11) is 5.33. The third-order valence-corrected chi connectivity index (χ3v) is 5.11. The first-order chi connectivity index (χ1) is 10.6. The molecule has 2 aromatic rings. The summed E-state index contributed by atoms with van der Waals surface area (Å²) < 4.78 is 12.0. The average molecular weight is 357 g/mol. The zero-order chi connectivity index (χ0) is 16.1. The van der Waals surface area contributed by atoms with Crippen molar-refractivity contribution in [2.75, 3.05) is 11.1 Å². The van der Waals surface area contributed by atoms with Crippen molar-refractivity contribution in [1.82, 2.24) is 4.98 Å². The Morgan fingerprint density at radius 3 is 2.91 bits per heavy atom. The number of rotatable bonds is 5. The average Bonchev–Trinajstić information content (AvgIpc) is 2.56. The second-order valence-electron chi connectivity index (χ2n) is 4.19. The van der Waals surface area contributed by atoms with Crippen LogP contribution in [0.1, 0.15) is 17.4 Å². The molecule has 1 atom stereocenters. The van der Waals surface area contributed by atoms with Gasteiger partial charge in [0.05, 0.1) is 21.4 Å². The minimum atomic E-state index is -1.30. The molecule has 1 aromatic heterocycles. The highest BCUT2D eigenvalue weighted by Gasteiger charge is 2.17. The number of anilines is 1. The van der Waals surface area contributed by atoms with Crippen molar-refractivity contribution in [3.8, 4) is 5.75 Å². The molecule has 2 N–H and O–H groups in total. The summed E-state index contributed by atoms with van der Waals surface area (Å²) in [4.78, 5) is 17.4. The Balaban J connectivity index is 2.32. The lowest BCUT2D eigenvalue weighted by Gasteiger charge is -2.10. The van der Waals surface area contributed by atoms with Gasteiger partial charge in [0.25, 0.3) is 5.91 Å². The van der Waals surface area contributed by atoms with Gasteiger partial charge in [0.15, 0.2) is 0 Å². The van der Waals surface area contributed by atoms with Crippen molar-refractivity contribution in [2.45, 2.75) is 16.7 Å². The van der Waals surface area contributed by atoms with Crippen molar-refractivity contribution in [2.24, 2.45) is 0 Å². The number of benzene rings is 1. The molecule has 0 aliphatic carbocycles. The van der Waals surface area contributed by atoms with Crippen molar-refractivity contribution in [1.29, 1.82) is 0 Å². The maximum Gasteiger partial charge on any atom is 0.275 e. The highest BCUT2D eigenvalue weighted by Crippen LogP contribution is 2.31. The number of halogens is 1. The van der Waals surface area contributed by atoms with E-state index in [1.54, 1.807) is 31.2 Å². The Morgan fingerprint density at radius 1 is 1.45 bits per heavy atom. The molecule has 0 aliphatic rings. The van der Waals surface area contributed by atoms with Crippen LogP contribution in [0.15, 0.2) is 46.3 Å². The largest absolute Gasteiger partial charge is 0.506 e. The van der Waals surface area contributed by atoms with E-state index in [1.165, 1.54) is 12.3 Å². The standard InChI is InChI=1S/C14H13ClN2O3S2/c1-2-22(20)12-4-3-7-16-13(12)14(19)17-10-8-9(21-15)5-6-11(10)18/h3-8,18H,2H2,1H3,(H,17,19). The zero-order valence-corrected chi connectivity index (χ0v) is 14.0. The molecule has 1 aromatic carbocycles. The van der Waals surface area contributed by atoms with Gasteiger partial charge in [0.1, 0.15) is 11.4 Å². The lowest BCUT2D eigenvalue weighted by Crippen LogP contribution is -2.17. The molecule has 0 bridgehead atoms. The number of phenolic OH excluding ortho intramolecular Hbond substituents is 1. The fourth-order valence-electron chi connectivity index (χ4n) is 1.75. The summed E-state index contributed by atoms with van der Waals surface area (Å²) in [6.07, 6.45) is 1.45. The predicted octanol–water partition coefficient (Wildman–Crippen LogP) is 3.41. The zero-order valence-electron chi connectivity index (χ0n) is 11.6. The minimum Gasteiger partial charge on any atom is -0.506 e. The molecule has 0 radical (unpaired) electrons. The van der Waals surface area contributed by atoms with Crippen LogP contribution < -0.4 is 5.32 Å². The first kappa shape index (κ1) is 16.8. The lowest BCUT2D eigenvalue weighted by atomic mass is 10.2. The van der Waals surface area contributed by atoms with Crippen LogP contribution in [0.25, 0.3) is 0 Å². The summed E-state index contributed by atoms with van der Waals surface area (Å²) >= 11 is 0. The Kier molecular flexibility index (Phi) is 5.82. The molecule has 1 amide bonds. The molecule has 0 fully saturated rings. The second-order valence-corrected chi connectivity index (χ2v) is 6.99. The van der Waals surface area contributed by atoms with E-state index in [0.29, 0.717) is 15.5 Å². The Hall–Kier alpha value is -1.57. The SMILES string of the molecule is CCS(=O)c1cccnc1C(=O)Nc1cc(SCl)ccc1O. The Labute approximate surface area is 139 Å². The molecule has 22 heavy (non-hydrogen) atoms. The number of nitrogens with one attached hydrogen (secondary N) is 1. The van der Waals surface area contributed by atoms with Crippen molar-refractivity contribution in [3.05, 3.63) is 42.2 Å². The van der Waals surface area contributed by atoms with E-state index >= 15 is 0 Å². The van der Waals surface area contributed by atoms with Gasteiger partial charge in [-0.1, -0.05) is 6.92 Å². The molecule has 1 unspecified atom stereocenters. The first-order valence-corrected chi connectivity index (χ1v) is 9.29. The van der Waals surface area contributed by atoms with Gasteiger partial charge in [-0.25, -0.2) is 4.98 Å². The van der Waals surface area contributed by atoms with Crippen LogP contribution in [0.2, 0.25) is 0 Å².